The van der Waals surface area contributed by atoms with E-state index in [9.17, 15) is 9.59 Å². The zero-order valence-electron chi connectivity index (χ0n) is 16.0. The van der Waals surface area contributed by atoms with Crippen LogP contribution in [0.1, 0.15) is 59.3 Å². The van der Waals surface area contributed by atoms with Gasteiger partial charge in [-0.15, -0.1) is 0 Å². The van der Waals surface area contributed by atoms with Crippen molar-refractivity contribution in [3.63, 3.8) is 0 Å². The molecule has 1 saturated carbocycles. The summed E-state index contributed by atoms with van der Waals surface area (Å²) in [5.41, 5.74) is 6.28. The molecule has 0 aromatic heterocycles. The third kappa shape index (κ3) is 5.96. The monoisotopic (exact) mass is 353 g/mol. The molecule has 0 aromatic carbocycles. The van der Waals surface area contributed by atoms with E-state index in [1.54, 1.807) is 0 Å². The van der Waals surface area contributed by atoms with Crippen molar-refractivity contribution in [2.45, 2.75) is 77.5 Å². The van der Waals surface area contributed by atoms with Crippen LogP contribution in [0, 0.1) is 11.8 Å². The number of rotatable bonds is 6. The van der Waals surface area contributed by atoms with Gasteiger partial charge in [-0.3, -0.25) is 9.59 Å². The summed E-state index contributed by atoms with van der Waals surface area (Å²) in [6.45, 7) is 7.25. The van der Waals surface area contributed by atoms with Gasteiger partial charge in [0.15, 0.2) is 0 Å². The number of likely N-dealkylation sites (tertiary alicyclic amines) is 1. The summed E-state index contributed by atoms with van der Waals surface area (Å²) in [7, 11) is 0. The van der Waals surface area contributed by atoms with Crippen molar-refractivity contribution in [1.29, 1.82) is 0 Å². The van der Waals surface area contributed by atoms with Crippen LogP contribution in [0.4, 0.5) is 0 Å². The molecule has 2 aliphatic rings. The lowest BCUT2D eigenvalue weighted by Gasteiger charge is -2.41. The van der Waals surface area contributed by atoms with E-state index in [4.69, 9.17) is 10.5 Å². The van der Waals surface area contributed by atoms with Crippen LogP contribution in [0.3, 0.4) is 0 Å². The molecule has 0 aromatic rings. The highest BCUT2D eigenvalue weighted by atomic mass is 16.5. The van der Waals surface area contributed by atoms with Crippen LogP contribution in [0.5, 0.6) is 0 Å². The Morgan fingerprint density at radius 2 is 1.88 bits per heavy atom. The van der Waals surface area contributed by atoms with Crippen molar-refractivity contribution in [2.24, 2.45) is 17.6 Å². The maximum atomic E-state index is 12.4. The highest BCUT2D eigenvalue weighted by Gasteiger charge is 2.33. The van der Waals surface area contributed by atoms with Crippen molar-refractivity contribution < 1.29 is 14.3 Å². The molecule has 2 amide bonds. The quantitative estimate of drug-likeness (QED) is 0.761. The first-order valence-corrected chi connectivity index (χ1v) is 9.79. The van der Waals surface area contributed by atoms with E-state index in [2.05, 4.69) is 19.2 Å². The molecular weight excluding hydrogens is 318 g/mol. The van der Waals surface area contributed by atoms with Gasteiger partial charge < -0.3 is 20.7 Å². The number of nitrogens with two attached hydrogens (primary N) is 1. The first kappa shape index (κ1) is 20.2. The molecule has 0 bridgehead atoms. The van der Waals surface area contributed by atoms with Crippen LogP contribution >= 0.6 is 0 Å². The minimum Gasteiger partial charge on any atom is -0.376 e. The second-order valence-electron chi connectivity index (χ2n) is 7.98. The first-order chi connectivity index (χ1) is 11.9. The van der Waals surface area contributed by atoms with Gasteiger partial charge in [-0.1, -0.05) is 13.8 Å². The van der Waals surface area contributed by atoms with Crippen molar-refractivity contribution in [1.82, 2.24) is 10.2 Å². The number of nitrogens with zero attached hydrogens (tertiary/aromatic N) is 1. The third-order valence-electron chi connectivity index (χ3n) is 5.80. The topological polar surface area (TPSA) is 84.7 Å². The second-order valence-corrected chi connectivity index (χ2v) is 7.98. The van der Waals surface area contributed by atoms with E-state index in [0.717, 1.165) is 37.5 Å². The minimum atomic E-state index is -0.190. The van der Waals surface area contributed by atoms with Crippen LogP contribution in [-0.2, 0) is 14.3 Å². The largest absolute Gasteiger partial charge is 0.376 e. The summed E-state index contributed by atoms with van der Waals surface area (Å²) in [4.78, 5) is 25.3. The molecule has 3 N–H and O–H groups in total. The number of amides is 2. The van der Waals surface area contributed by atoms with E-state index in [0.29, 0.717) is 13.2 Å². The highest BCUT2D eigenvalue weighted by Crippen LogP contribution is 2.31. The van der Waals surface area contributed by atoms with Gasteiger partial charge in [0, 0.05) is 19.5 Å². The molecule has 0 radical (unpaired) electrons. The van der Waals surface area contributed by atoms with Gasteiger partial charge in [-0.05, 0) is 50.4 Å². The van der Waals surface area contributed by atoms with Crippen molar-refractivity contribution in [3.8, 4) is 0 Å². The summed E-state index contributed by atoms with van der Waals surface area (Å²) in [6, 6.07) is -0.139. The number of ether oxygens (including phenoxy) is 1. The van der Waals surface area contributed by atoms with Gasteiger partial charge in [-0.25, -0.2) is 0 Å². The second kappa shape index (κ2) is 9.53. The number of hydrogen-bond acceptors (Lipinski definition) is 4. The lowest BCUT2D eigenvalue weighted by Crippen LogP contribution is -2.58. The Bertz CT molecular complexity index is 447. The Labute approximate surface area is 151 Å². The molecule has 2 rings (SSSR count). The molecule has 6 nitrogen and oxygen atoms in total. The van der Waals surface area contributed by atoms with Gasteiger partial charge in [0.25, 0.3) is 0 Å². The molecule has 1 heterocycles. The minimum absolute atomic E-state index is 0.0397. The third-order valence-corrected chi connectivity index (χ3v) is 5.80. The summed E-state index contributed by atoms with van der Waals surface area (Å²) >= 11 is 0. The maximum Gasteiger partial charge on any atom is 0.242 e. The van der Waals surface area contributed by atoms with Crippen molar-refractivity contribution in [3.05, 3.63) is 0 Å². The SMILES string of the molecule is CC(=O)NCC(=O)N1CCC[C@H](N)[C@@H]1CO[C@H]1CC[C@@H](C(C)C)CC1. The molecule has 144 valence electrons. The van der Waals surface area contributed by atoms with Crippen molar-refractivity contribution in [2.75, 3.05) is 19.7 Å². The summed E-state index contributed by atoms with van der Waals surface area (Å²) < 4.78 is 6.17. The highest BCUT2D eigenvalue weighted by molar-refractivity contribution is 5.84. The van der Waals surface area contributed by atoms with Crippen LogP contribution in [0.2, 0.25) is 0 Å². The fourth-order valence-electron chi connectivity index (χ4n) is 4.07. The van der Waals surface area contributed by atoms with E-state index in [-0.39, 0.29) is 36.5 Å². The molecular formula is C19H35N3O3. The van der Waals surface area contributed by atoms with Crippen LogP contribution in [0.25, 0.3) is 0 Å². The zero-order chi connectivity index (χ0) is 18.4. The molecule has 1 aliphatic heterocycles. The maximum absolute atomic E-state index is 12.4. The fraction of sp³-hybridized carbons (Fsp3) is 0.895. The Morgan fingerprint density at radius 1 is 1.20 bits per heavy atom. The lowest BCUT2D eigenvalue weighted by molar-refractivity contribution is -0.138. The fourth-order valence-corrected chi connectivity index (χ4v) is 4.07. The van der Waals surface area contributed by atoms with Crippen molar-refractivity contribution >= 4 is 11.8 Å². The summed E-state index contributed by atoms with van der Waals surface area (Å²) in [5, 5.41) is 2.59. The van der Waals surface area contributed by atoms with Crippen LogP contribution in [0.15, 0.2) is 0 Å². The van der Waals surface area contributed by atoms with Gasteiger partial charge in [0.2, 0.25) is 11.8 Å². The van der Waals surface area contributed by atoms with Gasteiger partial charge >= 0.3 is 0 Å². The summed E-state index contributed by atoms with van der Waals surface area (Å²) in [6.07, 6.45) is 6.77. The van der Waals surface area contributed by atoms with E-state index >= 15 is 0 Å². The first-order valence-electron chi connectivity index (χ1n) is 9.79. The smallest absolute Gasteiger partial charge is 0.242 e. The van der Waals surface area contributed by atoms with Crippen LogP contribution in [-0.4, -0.2) is 54.6 Å². The van der Waals surface area contributed by atoms with E-state index < -0.39 is 0 Å². The van der Waals surface area contributed by atoms with Gasteiger partial charge in [-0.2, -0.15) is 0 Å². The normalized spacial score (nSPS) is 30.4. The predicted molar refractivity (Wildman–Crippen MR) is 97.9 cm³/mol. The molecule has 6 heteroatoms. The van der Waals surface area contributed by atoms with Crippen LogP contribution < -0.4 is 11.1 Å². The molecule has 1 saturated heterocycles. The Hall–Kier alpha value is -1.14. The predicted octanol–water partition coefficient (Wildman–Crippen LogP) is 1.67. The number of hydrogen-bond donors (Lipinski definition) is 2. The standard InChI is InChI=1S/C19H35N3O3/c1-13(2)15-6-8-16(9-7-15)25-12-18-17(20)5-4-10-22(18)19(24)11-21-14(3)23/h13,15-18H,4-12,20H2,1-3H3,(H,21,23)/t15-,16+,17-,18-/m0/s1. The van der Waals surface area contributed by atoms with Gasteiger partial charge in [0.1, 0.15) is 0 Å². The molecule has 25 heavy (non-hydrogen) atoms. The van der Waals surface area contributed by atoms with E-state index in [1.807, 2.05) is 4.90 Å². The number of carbonyl (C=O) groups excluding carboxylic acids is 2. The number of piperidine rings is 1. The molecule has 2 atom stereocenters. The zero-order valence-corrected chi connectivity index (χ0v) is 16.0. The van der Waals surface area contributed by atoms with E-state index in [1.165, 1.54) is 19.8 Å². The lowest BCUT2D eigenvalue weighted by atomic mass is 9.80. The number of nitrogens with one attached hydrogen (secondary N) is 1. The molecule has 0 unspecified atom stereocenters. The molecule has 0 spiro atoms. The Kier molecular flexibility index (Phi) is 7.69. The summed E-state index contributed by atoms with van der Waals surface area (Å²) in [5.74, 6) is 1.30. The average Bonchev–Trinajstić information content (AvgIpc) is 2.58. The number of carbonyl (C=O) groups is 2. The molecule has 1 aliphatic carbocycles. The Balaban J connectivity index is 1.84. The van der Waals surface area contributed by atoms with Gasteiger partial charge in [0.05, 0.1) is 25.3 Å². The molecule has 2 fully saturated rings. The Morgan fingerprint density at radius 3 is 2.48 bits per heavy atom. The average molecular weight is 354 g/mol.